The number of carbonyl (C=O) groups excluding carboxylic acids is 1. The topological polar surface area (TPSA) is 91.9 Å². The Labute approximate surface area is 171 Å². The molecule has 0 saturated heterocycles. The Balaban J connectivity index is 1.77. The summed E-state index contributed by atoms with van der Waals surface area (Å²) in [7, 11) is 3.47. The van der Waals surface area contributed by atoms with Gasteiger partial charge in [-0.2, -0.15) is 0 Å². The van der Waals surface area contributed by atoms with Crippen LogP contribution in [0.25, 0.3) is 22.6 Å². The van der Waals surface area contributed by atoms with Gasteiger partial charge in [-0.1, -0.05) is 12.1 Å². The van der Waals surface area contributed by atoms with Gasteiger partial charge in [0, 0.05) is 35.4 Å². The van der Waals surface area contributed by atoms with Crippen LogP contribution in [0.3, 0.4) is 0 Å². The van der Waals surface area contributed by atoms with Crippen LogP contribution in [0.15, 0.2) is 60.1 Å². The summed E-state index contributed by atoms with van der Waals surface area (Å²) in [5.74, 6) is 1.05. The number of ether oxygens (including phenoxy) is 1. The highest BCUT2D eigenvalue weighted by Crippen LogP contribution is 2.29. The van der Waals surface area contributed by atoms with Crippen LogP contribution in [0.2, 0.25) is 0 Å². The van der Waals surface area contributed by atoms with Crippen LogP contribution >= 0.6 is 11.3 Å². The van der Waals surface area contributed by atoms with Crippen molar-refractivity contribution in [2.45, 2.75) is 0 Å². The molecule has 8 heteroatoms. The fourth-order valence-corrected chi connectivity index (χ4v) is 3.42. The number of hydrogen-bond donors (Lipinski definition) is 3. The van der Waals surface area contributed by atoms with Gasteiger partial charge in [0.2, 0.25) is 0 Å². The predicted molar refractivity (Wildman–Crippen MR) is 116 cm³/mol. The van der Waals surface area contributed by atoms with Gasteiger partial charge in [-0.3, -0.25) is 10.1 Å². The van der Waals surface area contributed by atoms with Crippen molar-refractivity contribution in [3.05, 3.63) is 65.8 Å². The molecule has 0 aliphatic carbocycles. The predicted octanol–water partition coefficient (Wildman–Crippen LogP) is 4.50. The number of amides is 1. The lowest BCUT2D eigenvalue weighted by Crippen LogP contribution is -2.13. The Morgan fingerprint density at radius 1 is 1.14 bits per heavy atom. The van der Waals surface area contributed by atoms with Gasteiger partial charge in [0.1, 0.15) is 23.0 Å². The Morgan fingerprint density at radius 2 is 1.97 bits per heavy atom. The number of rotatable bonds is 6. The molecule has 2 heterocycles. The molecule has 146 valence electrons. The minimum Gasteiger partial charge on any atom is -0.497 e. The minimum absolute atomic E-state index is 0.297. The number of nitrogens with one attached hydrogen (secondary N) is 3. The molecule has 3 N–H and O–H groups in total. The maximum absolute atomic E-state index is 12.9. The SMILES string of the molecule is CNc1cccc(-c2nc(-c3ccc(OC)cc3)c(C(=O)Nc3nccs3)[nH]2)c1. The number of aromatic amines is 1. The van der Waals surface area contributed by atoms with Gasteiger partial charge in [-0.25, -0.2) is 9.97 Å². The number of aromatic nitrogens is 3. The molecule has 0 fully saturated rings. The molecule has 0 saturated carbocycles. The summed E-state index contributed by atoms with van der Waals surface area (Å²) in [6.07, 6.45) is 1.65. The van der Waals surface area contributed by atoms with Crippen molar-refractivity contribution in [3.8, 4) is 28.4 Å². The van der Waals surface area contributed by atoms with Crippen molar-refractivity contribution in [3.63, 3.8) is 0 Å². The van der Waals surface area contributed by atoms with Crippen LogP contribution in [0, 0.1) is 0 Å². The van der Waals surface area contributed by atoms with Crippen molar-refractivity contribution in [1.29, 1.82) is 0 Å². The van der Waals surface area contributed by atoms with E-state index in [1.807, 2.05) is 61.0 Å². The van der Waals surface area contributed by atoms with Gasteiger partial charge < -0.3 is 15.0 Å². The van der Waals surface area contributed by atoms with Gasteiger partial charge in [-0.05, 0) is 36.4 Å². The molecule has 7 nitrogen and oxygen atoms in total. The van der Waals surface area contributed by atoms with E-state index in [1.165, 1.54) is 11.3 Å². The van der Waals surface area contributed by atoms with Gasteiger partial charge in [0.25, 0.3) is 5.91 Å². The summed E-state index contributed by atoms with van der Waals surface area (Å²) in [6.45, 7) is 0. The molecule has 2 aromatic heterocycles. The first-order chi connectivity index (χ1) is 14.2. The molecule has 0 aliphatic rings. The molecule has 29 heavy (non-hydrogen) atoms. The molecular weight excluding hydrogens is 386 g/mol. The van der Waals surface area contributed by atoms with Crippen LogP contribution in [0.5, 0.6) is 5.75 Å². The third-order valence-electron chi connectivity index (χ3n) is 4.37. The van der Waals surface area contributed by atoms with Crippen LogP contribution in [0.4, 0.5) is 10.8 Å². The lowest BCUT2D eigenvalue weighted by atomic mass is 10.1. The standard InChI is InChI=1S/C21H19N5O2S/c1-22-15-5-3-4-14(12-15)19-24-17(13-6-8-16(28-2)9-7-13)18(25-19)20(27)26-21-23-10-11-29-21/h3-12,22H,1-2H3,(H,24,25)(H,23,26,27). The molecule has 0 spiro atoms. The summed E-state index contributed by atoms with van der Waals surface area (Å²) < 4.78 is 5.23. The van der Waals surface area contributed by atoms with E-state index in [0.717, 1.165) is 22.6 Å². The smallest absolute Gasteiger partial charge is 0.276 e. The number of anilines is 2. The monoisotopic (exact) mass is 405 g/mol. The van der Waals surface area contributed by atoms with Gasteiger partial charge in [0.15, 0.2) is 5.13 Å². The van der Waals surface area contributed by atoms with Gasteiger partial charge >= 0.3 is 0 Å². The van der Waals surface area contributed by atoms with E-state index < -0.39 is 0 Å². The van der Waals surface area contributed by atoms with Gasteiger partial charge in [0.05, 0.1) is 7.11 Å². The fourth-order valence-electron chi connectivity index (χ4n) is 2.90. The summed E-state index contributed by atoms with van der Waals surface area (Å²) in [5, 5.41) is 8.27. The minimum atomic E-state index is -0.297. The van der Waals surface area contributed by atoms with Crippen molar-refractivity contribution in [2.75, 3.05) is 24.8 Å². The number of H-pyrrole nitrogens is 1. The molecule has 0 aliphatic heterocycles. The number of imidazole rings is 1. The van der Waals surface area contributed by atoms with E-state index >= 15 is 0 Å². The lowest BCUT2D eigenvalue weighted by molar-refractivity contribution is 0.102. The first-order valence-electron chi connectivity index (χ1n) is 8.91. The van der Waals surface area contributed by atoms with E-state index in [1.54, 1.807) is 13.3 Å². The average molecular weight is 405 g/mol. The molecule has 0 bridgehead atoms. The molecular formula is C21H19N5O2S. The number of thiazole rings is 1. The zero-order valence-electron chi connectivity index (χ0n) is 15.9. The first-order valence-corrected chi connectivity index (χ1v) is 9.79. The van der Waals surface area contributed by atoms with E-state index in [-0.39, 0.29) is 5.91 Å². The first kappa shape index (κ1) is 18.7. The molecule has 2 aromatic carbocycles. The molecule has 1 amide bonds. The normalized spacial score (nSPS) is 10.6. The highest BCUT2D eigenvalue weighted by Gasteiger charge is 2.20. The second kappa shape index (κ2) is 8.15. The maximum Gasteiger partial charge on any atom is 0.276 e. The third kappa shape index (κ3) is 3.97. The Kier molecular flexibility index (Phi) is 5.26. The molecule has 0 unspecified atom stereocenters. The highest BCUT2D eigenvalue weighted by molar-refractivity contribution is 7.13. The fraction of sp³-hybridized carbons (Fsp3) is 0.0952. The zero-order chi connectivity index (χ0) is 20.2. The number of hydrogen-bond acceptors (Lipinski definition) is 6. The van der Waals surface area contributed by atoms with Crippen molar-refractivity contribution < 1.29 is 9.53 Å². The second-order valence-corrected chi connectivity index (χ2v) is 7.05. The second-order valence-electron chi connectivity index (χ2n) is 6.16. The quantitative estimate of drug-likeness (QED) is 0.439. The molecule has 0 atom stereocenters. The largest absolute Gasteiger partial charge is 0.497 e. The Morgan fingerprint density at radius 3 is 2.66 bits per heavy atom. The zero-order valence-corrected chi connectivity index (χ0v) is 16.7. The molecule has 0 radical (unpaired) electrons. The summed E-state index contributed by atoms with van der Waals surface area (Å²) in [4.78, 5) is 25.0. The van der Waals surface area contributed by atoms with Crippen LogP contribution in [0.1, 0.15) is 10.5 Å². The van der Waals surface area contributed by atoms with E-state index in [4.69, 9.17) is 9.72 Å². The number of methoxy groups -OCH3 is 1. The van der Waals surface area contributed by atoms with Crippen molar-refractivity contribution in [2.24, 2.45) is 0 Å². The molecule has 4 aromatic rings. The number of carbonyl (C=O) groups is 1. The van der Waals surface area contributed by atoms with Crippen LogP contribution in [-0.2, 0) is 0 Å². The van der Waals surface area contributed by atoms with Crippen molar-refractivity contribution in [1.82, 2.24) is 15.0 Å². The third-order valence-corrected chi connectivity index (χ3v) is 5.06. The summed E-state index contributed by atoms with van der Waals surface area (Å²) in [5.41, 5.74) is 3.57. The summed E-state index contributed by atoms with van der Waals surface area (Å²) >= 11 is 1.36. The lowest BCUT2D eigenvalue weighted by Gasteiger charge is -2.04. The van der Waals surface area contributed by atoms with Crippen LogP contribution in [-0.4, -0.2) is 35.0 Å². The van der Waals surface area contributed by atoms with E-state index in [9.17, 15) is 4.79 Å². The molecule has 4 rings (SSSR count). The van der Waals surface area contributed by atoms with Crippen LogP contribution < -0.4 is 15.4 Å². The number of nitrogens with zero attached hydrogens (tertiary/aromatic N) is 2. The maximum atomic E-state index is 12.9. The number of benzene rings is 2. The Bertz CT molecular complexity index is 1120. The summed E-state index contributed by atoms with van der Waals surface area (Å²) in [6, 6.07) is 15.3. The average Bonchev–Trinajstić information content (AvgIpc) is 3.44. The van der Waals surface area contributed by atoms with E-state index in [2.05, 4.69) is 20.6 Å². The van der Waals surface area contributed by atoms with Crippen molar-refractivity contribution >= 4 is 28.1 Å². The highest BCUT2D eigenvalue weighted by atomic mass is 32.1. The van der Waals surface area contributed by atoms with Gasteiger partial charge in [-0.15, -0.1) is 11.3 Å². The Hall–Kier alpha value is -3.65. The van der Waals surface area contributed by atoms with E-state index in [0.29, 0.717) is 22.3 Å².